The van der Waals surface area contributed by atoms with Gasteiger partial charge in [0.1, 0.15) is 0 Å². The third-order valence-electron chi connectivity index (χ3n) is 5.48. The fraction of sp³-hybridized carbons (Fsp3) is 0.429. The van der Waals surface area contributed by atoms with Gasteiger partial charge >= 0.3 is 0 Å². The van der Waals surface area contributed by atoms with Gasteiger partial charge in [0.05, 0.1) is 6.17 Å². The maximum Gasteiger partial charge on any atom is 0.0600 e. The van der Waals surface area contributed by atoms with Gasteiger partial charge in [-0.1, -0.05) is 60.7 Å². The molecule has 2 heterocycles. The molecule has 0 radical (unpaired) electrons. The molecule has 0 amide bonds. The molecule has 0 bridgehead atoms. The number of hydrogen-bond donors (Lipinski definition) is 1. The van der Waals surface area contributed by atoms with E-state index in [0.29, 0.717) is 18.1 Å². The minimum absolute atomic E-state index is 0.474. The van der Waals surface area contributed by atoms with Crippen LogP contribution in [0.2, 0.25) is 0 Å². The molecule has 2 heteroatoms. The van der Waals surface area contributed by atoms with Gasteiger partial charge in [-0.25, -0.2) is 0 Å². The molecular weight excluding hydrogens is 280 g/mol. The van der Waals surface area contributed by atoms with Crippen molar-refractivity contribution in [3.8, 4) is 0 Å². The first-order valence-electron chi connectivity index (χ1n) is 9.02. The highest BCUT2D eigenvalue weighted by atomic mass is 15.3. The van der Waals surface area contributed by atoms with Crippen LogP contribution in [-0.4, -0.2) is 30.2 Å². The Bertz CT molecular complexity index is 565. The van der Waals surface area contributed by atoms with Crippen molar-refractivity contribution in [3.63, 3.8) is 0 Å². The Morgan fingerprint density at radius 2 is 1.48 bits per heavy atom. The number of benzene rings is 2. The van der Waals surface area contributed by atoms with E-state index in [-0.39, 0.29) is 0 Å². The van der Waals surface area contributed by atoms with Crippen molar-refractivity contribution in [3.05, 3.63) is 71.8 Å². The summed E-state index contributed by atoms with van der Waals surface area (Å²) in [5, 5.41) is 3.71. The first-order valence-corrected chi connectivity index (χ1v) is 9.02. The van der Waals surface area contributed by atoms with E-state index in [0.717, 1.165) is 0 Å². The molecule has 0 spiro atoms. The van der Waals surface area contributed by atoms with E-state index in [9.17, 15) is 0 Å². The number of likely N-dealkylation sites (tertiary alicyclic amines) is 1. The summed E-state index contributed by atoms with van der Waals surface area (Å²) in [5.74, 6) is 0.474. The largest absolute Gasteiger partial charge is 0.302 e. The van der Waals surface area contributed by atoms with Gasteiger partial charge in [-0.2, -0.15) is 0 Å². The highest BCUT2D eigenvalue weighted by Gasteiger charge is 2.37. The summed E-state index contributed by atoms with van der Waals surface area (Å²) < 4.78 is 0. The van der Waals surface area contributed by atoms with Crippen LogP contribution in [0.4, 0.5) is 0 Å². The zero-order valence-corrected chi connectivity index (χ0v) is 13.7. The second kappa shape index (κ2) is 6.86. The van der Waals surface area contributed by atoms with Gasteiger partial charge in [0.15, 0.2) is 0 Å². The Kier molecular flexibility index (Phi) is 4.45. The van der Waals surface area contributed by atoms with E-state index in [2.05, 4.69) is 70.9 Å². The van der Waals surface area contributed by atoms with E-state index >= 15 is 0 Å². The molecule has 4 rings (SSSR count). The molecule has 0 unspecified atom stereocenters. The van der Waals surface area contributed by atoms with Crippen molar-refractivity contribution in [1.29, 1.82) is 0 Å². The van der Waals surface area contributed by atoms with Crippen LogP contribution in [-0.2, 0) is 0 Å². The Balaban J connectivity index is 1.70. The fourth-order valence-corrected chi connectivity index (χ4v) is 4.47. The van der Waals surface area contributed by atoms with Crippen LogP contribution in [0.5, 0.6) is 0 Å². The zero-order valence-electron chi connectivity index (χ0n) is 13.7. The van der Waals surface area contributed by atoms with E-state index in [1.165, 1.54) is 49.9 Å². The molecule has 2 saturated heterocycles. The highest BCUT2D eigenvalue weighted by molar-refractivity contribution is 5.34. The summed E-state index contributed by atoms with van der Waals surface area (Å²) in [6.45, 7) is 2.41. The van der Waals surface area contributed by atoms with Gasteiger partial charge in [-0.05, 0) is 43.4 Å². The number of nitrogens with zero attached hydrogens (tertiary/aromatic N) is 1. The quantitative estimate of drug-likeness (QED) is 0.919. The number of rotatable bonds is 4. The molecule has 2 aliphatic rings. The van der Waals surface area contributed by atoms with Crippen LogP contribution in [0.15, 0.2) is 60.7 Å². The van der Waals surface area contributed by atoms with Gasteiger partial charge in [0, 0.05) is 18.5 Å². The molecule has 0 saturated carbocycles. The summed E-state index contributed by atoms with van der Waals surface area (Å²) in [6, 6.07) is 22.8. The van der Waals surface area contributed by atoms with E-state index in [4.69, 9.17) is 0 Å². The second-order valence-electron chi connectivity index (χ2n) is 6.86. The molecule has 2 aromatic carbocycles. The van der Waals surface area contributed by atoms with Crippen molar-refractivity contribution >= 4 is 0 Å². The van der Waals surface area contributed by atoms with Crippen LogP contribution in [0.1, 0.15) is 42.7 Å². The third kappa shape index (κ3) is 3.06. The average Bonchev–Trinajstić information content (AvgIpc) is 3.28. The monoisotopic (exact) mass is 306 g/mol. The minimum atomic E-state index is 0.474. The van der Waals surface area contributed by atoms with Crippen LogP contribution >= 0.6 is 0 Å². The molecule has 2 aliphatic heterocycles. The molecule has 2 fully saturated rings. The first kappa shape index (κ1) is 14.9. The lowest BCUT2D eigenvalue weighted by molar-refractivity contribution is 0.154. The lowest BCUT2D eigenvalue weighted by atomic mass is 9.83. The maximum atomic E-state index is 3.71. The van der Waals surface area contributed by atoms with Gasteiger partial charge in [-0.3, -0.25) is 4.90 Å². The number of hydrogen-bond acceptors (Lipinski definition) is 2. The molecule has 1 N–H and O–H groups in total. The summed E-state index contributed by atoms with van der Waals surface area (Å²) in [5.41, 5.74) is 2.90. The molecule has 120 valence electrons. The van der Waals surface area contributed by atoms with Crippen molar-refractivity contribution in [2.75, 3.05) is 13.1 Å². The van der Waals surface area contributed by atoms with Gasteiger partial charge in [0.2, 0.25) is 0 Å². The lowest BCUT2D eigenvalue weighted by Crippen LogP contribution is -2.47. The second-order valence-corrected chi connectivity index (χ2v) is 6.86. The zero-order chi connectivity index (χ0) is 15.5. The Morgan fingerprint density at radius 3 is 2.04 bits per heavy atom. The van der Waals surface area contributed by atoms with E-state index in [1.54, 1.807) is 0 Å². The van der Waals surface area contributed by atoms with Crippen LogP contribution in [0, 0.1) is 0 Å². The van der Waals surface area contributed by atoms with Crippen LogP contribution in [0.25, 0.3) is 0 Å². The van der Waals surface area contributed by atoms with E-state index in [1.807, 2.05) is 0 Å². The van der Waals surface area contributed by atoms with Gasteiger partial charge in [-0.15, -0.1) is 0 Å². The summed E-state index contributed by atoms with van der Waals surface area (Å²) in [6.07, 6.45) is 5.81. The highest BCUT2D eigenvalue weighted by Crippen LogP contribution is 2.37. The summed E-state index contributed by atoms with van der Waals surface area (Å²) in [4.78, 5) is 2.75. The van der Waals surface area contributed by atoms with Crippen molar-refractivity contribution in [2.45, 2.75) is 43.8 Å². The topological polar surface area (TPSA) is 15.3 Å². The molecule has 2 nitrogen and oxygen atoms in total. The summed E-state index contributed by atoms with van der Waals surface area (Å²) >= 11 is 0. The Hall–Kier alpha value is -1.64. The standard InChI is InChI=1S/C21H26N2/c1-3-9-17(10-4-1)21(18-11-5-2-6-12-18)19-13-8-16-23(19)20-14-7-15-22-20/h1-6,9-12,19-22H,7-8,13-16H2/t19-,20-/m1/s1. The first-order chi connectivity index (χ1) is 11.4. The predicted molar refractivity (Wildman–Crippen MR) is 95.5 cm³/mol. The van der Waals surface area contributed by atoms with Crippen molar-refractivity contribution < 1.29 is 0 Å². The average molecular weight is 306 g/mol. The predicted octanol–water partition coefficient (Wildman–Crippen LogP) is 3.99. The Labute approximate surface area is 139 Å². The van der Waals surface area contributed by atoms with Crippen molar-refractivity contribution in [1.82, 2.24) is 10.2 Å². The normalized spacial score (nSPS) is 25.3. The molecule has 0 aromatic heterocycles. The molecule has 2 aromatic rings. The molecule has 23 heavy (non-hydrogen) atoms. The minimum Gasteiger partial charge on any atom is -0.302 e. The third-order valence-corrected chi connectivity index (χ3v) is 5.48. The van der Waals surface area contributed by atoms with Gasteiger partial charge in [0.25, 0.3) is 0 Å². The summed E-state index contributed by atoms with van der Waals surface area (Å²) in [7, 11) is 0. The number of nitrogens with one attached hydrogen (secondary N) is 1. The van der Waals surface area contributed by atoms with E-state index < -0.39 is 0 Å². The molecular formula is C21H26N2. The fourth-order valence-electron chi connectivity index (χ4n) is 4.47. The van der Waals surface area contributed by atoms with Gasteiger partial charge < -0.3 is 5.32 Å². The SMILES string of the molecule is c1ccc(C(c2ccccc2)[C@H]2CCCN2[C@@H]2CCCN2)cc1. The maximum absolute atomic E-state index is 3.71. The van der Waals surface area contributed by atoms with Crippen LogP contribution < -0.4 is 5.32 Å². The van der Waals surface area contributed by atoms with Crippen LogP contribution in [0.3, 0.4) is 0 Å². The molecule has 0 aliphatic carbocycles. The Morgan fingerprint density at radius 1 is 0.826 bits per heavy atom. The smallest absolute Gasteiger partial charge is 0.0600 e. The van der Waals surface area contributed by atoms with Crippen molar-refractivity contribution in [2.24, 2.45) is 0 Å². The molecule has 2 atom stereocenters. The lowest BCUT2D eigenvalue weighted by Gasteiger charge is -2.36.